The van der Waals surface area contributed by atoms with Gasteiger partial charge in [0.05, 0.1) is 16.5 Å². The molecule has 1 amide bonds. The van der Waals surface area contributed by atoms with Crippen LogP contribution in [0, 0.1) is 5.82 Å². The Morgan fingerprint density at radius 3 is 2.82 bits per heavy atom. The van der Waals surface area contributed by atoms with Crippen LogP contribution in [0.3, 0.4) is 0 Å². The molecule has 0 saturated carbocycles. The van der Waals surface area contributed by atoms with Gasteiger partial charge in [0, 0.05) is 18.1 Å². The van der Waals surface area contributed by atoms with Crippen LogP contribution in [0.2, 0.25) is 10.0 Å². The van der Waals surface area contributed by atoms with E-state index < -0.39 is 5.82 Å². The maximum atomic E-state index is 13.6. The molecular weight excluding hydrogens is 426 g/mol. The highest BCUT2D eigenvalue weighted by molar-refractivity contribution is 7.99. The van der Waals surface area contributed by atoms with Gasteiger partial charge >= 0.3 is 0 Å². The average molecular weight is 441 g/mol. The second kappa shape index (κ2) is 9.27. The topological polar surface area (TPSA) is 69.0 Å². The smallest absolute Gasteiger partial charge is 0.234 e. The van der Waals surface area contributed by atoms with Crippen LogP contribution in [-0.2, 0) is 18.4 Å². The predicted octanol–water partition coefficient (Wildman–Crippen LogP) is 4.57. The minimum Gasteiger partial charge on any atom is -0.484 e. The third-order valence-electron chi connectivity index (χ3n) is 3.66. The molecule has 0 spiro atoms. The summed E-state index contributed by atoms with van der Waals surface area (Å²) in [7, 11) is 1.76. The number of rotatable bonds is 7. The second-order valence-electron chi connectivity index (χ2n) is 5.64. The standard InChI is InChI=1S/C18H15Cl2FN4O2S/c1-25-16(9-27-15-8-11(19)6-7-12(15)20)23-24-18(25)28-10-17(26)22-14-5-3-2-4-13(14)21/h2-8H,9-10H2,1H3,(H,22,26). The van der Waals surface area contributed by atoms with Crippen LogP contribution >= 0.6 is 35.0 Å². The van der Waals surface area contributed by atoms with Crippen LogP contribution in [0.5, 0.6) is 5.75 Å². The minimum absolute atomic E-state index is 0.0568. The maximum Gasteiger partial charge on any atom is 0.234 e. The van der Waals surface area contributed by atoms with Crippen LogP contribution in [0.1, 0.15) is 5.82 Å². The van der Waals surface area contributed by atoms with Crippen molar-refractivity contribution in [2.75, 3.05) is 11.1 Å². The number of aromatic nitrogens is 3. The van der Waals surface area contributed by atoms with Crippen molar-refractivity contribution in [2.45, 2.75) is 11.8 Å². The highest BCUT2D eigenvalue weighted by atomic mass is 35.5. The van der Waals surface area contributed by atoms with Crippen LogP contribution in [-0.4, -0.2) is 26.4 Å². The van der Waals surface area contributed by atoms with Crippen molar-refractivity contribution in [3.8, 4) is 5.75 Å². The summed E-state index contributed by atoms with van der Waals surface area (Å²) in [6, 6.07) is 10.9. The van der Waals surface area contributed by atoms with Crippen LogP contribution in [0.15, 0.2) is 47.6 Å². The fourth-order valence-electron chi connectivity index (χ4n) is 2.21. The highest BCUT2D eigenvalue weighted by Gasteiger charge is 2.14. The van der Waals surface area contributed by atoms with Gasteiger partial charge in [-0.25, -0.2) is 4.39 Å². The quantitative estimate of drug-likeness (QED) is 0.544. The summed E-state index contributed by atoms with van der Waals surface area (Å²) < 4.78 is 20.9. The molecule has 2 aromatic carbocycles. The Bertz CT molecular complexity index is 999. The molecule has 6 nitrogen and oxygen atoms in total. The van der Waals surface area contributed by atoms with E-state index in [9.17, 15) is 9.18 Å². The lowest BCUT2D eigenvalue weighted by molar-refractivity contribution is -0.113. The monoisotopic (exact) mass is 440 g/mol. The number of benzene rings is 2. The Kier molecular flexibility index (Phi) is 6.77. The third-order valence-corrected chi connectivity index (χ3v) is 5.22. The van der Waals surface area contributed by atoms with Crippen molar-refractivity contribution in [1.29, 1.82) is 0 Å². The number of carbonyl (C=O) groups is 1. The molecule has 1 heterocycles. The molecule has 3 aromatic rings. The number of para-hydroxylation sites is 1. The lowest BCUT2D eigenvalue weighted by atomic mass is 10.3. The average Bonchev–Trinajstić information content (AvgIpc) is 3.02. The second-order valence-corrected chi connectivity index (χ2v) is 7.42. The maximum absolute atomic E-state index is 13.6. The van der Waals surface area contributed by atoms with Gasteiger partial charge in [-0.1, -0.05) is 47.1 Å². The summed E-state index contributed by atoms with van der Waals surface area (Å²) in [6.45, 7) is 0.131. The molecule has 0 aliphatic carbocycles. The van der Waals surface area contributed by atoms with E-state index in [0.717, 1.165) is 0 Å². The normalized spacial score (nSPS) is 10.7. The molecule has 0 fully saturated rings. The summed E-state index contributed by atoms with van der Waals surface area (Å²) in [4.78, 5) is 12.0. The molecule has 0 atom stereocenters. The summed E-state index contributed by atoms with van der Waals surface area (Å²) >= 11 is 13.2. The molecule has 0 unspecified atom stereocenters. The van der Waals surface area contributed by atoms with Crippen LogP contribution < -0.4 is 10.1 Å². The number of hydrogen-bond donors (Lipinski definition) is 1. The van der Waals surface area contributed by atoms with E-state index in [1.807, 2.05) is 0 Å². The molecule has 0 radical (unpaired) electrons. The number of thioether (sulfide) groups is 1. The van der Waals surface area contributed by atoms with Gasteiger partial charge < -0.3 is 14.6 Å². The first-order valence-electron chi connectivity index (χ1n) is 8.07. The van der Waals surface area contributed by atoms with E-state index in [4.69, 9.17) is 27.9 Å². The number of anilines is 1. The SMILES string of the molecule is Cn1c(COc2cc(Cl)ccc2Cl)nnc1SCC(=O)Nc1ccccc1F. The number of nitrogens with one attached hydrogen (secondary N) is 1. The van der Waals surface area contributed by atoms with E-state index in [-0.39, 0.29) is 24.0 Å². The zero-order valence-corrected chi connectivity index (χ0v) is 17.0. The molecular formula is C18H15Cl2FN4O2S. The molecule has 3 rings (SSSR count). The fourth-order valence-corrected chi connectivity index (χ4v) is 3.27. The van der Waals surface area contributed by atoms with Gasteiger partial charge in [0.25, 0.3) is 0 Å². The molecule has 0 bridgehead atoms. The minimum atomic E-state index is -0.487. The van der Waals surface area contributed by atoms with E-state index >= 15 is 0 Å². The Morgan fingerprint density at radius 2 is 2.04 bits per heavy atom. The van der Waals surface area contributed by atoms with Gasteiger partial charge in [0.15, 0.2) is 11.0 Å². The lowest BCUT2D eigenvalue weighted by Crippen LogP contribution is -2.15. The molecule has 146 valence electrons. The van der Waals surface area contributed by atoms with Gasteiger partial charge in [0.2, 0.25) is 5.91 Å². The Balaban J connectivity index is 1.56. The van der Waals surface area contributed by atoms with E-state index in [1.165, 1.54) is 23.9 Å². The van der Waals surface area contributed by atoms with Gasteiger partial charge in [-0.15, -0.1) is 10.2 Å². The zero-order chi connectivity index (χ0) is 20.1. The van der Waals surface area contributed by atoms with Crippen molar-refractivity contribution >= 4 is 46.6 Å². The Morgan fingerprint density at radius 1 is 1.25 bits per heavy atom. The molecule has 0 aliphatic heterocycles. The zero-order valence-electron chi connectivity index (χ0n) is 14.7. The first-order valence-corrected chi connectivity index (χ1v) is 9.81. The first-order chi connectivity index (χ1) is 13.4. The summed E-state index contributed by atoms with van der Waals surface area (Å²) in [5, 5.41) is 12.1. The lowest BCUT2D eigenvalue weighted by Gasteiger charge is -2.08. The molecule has 1 N–H and O–H groups in total. The Labute approximate surface area is 175 Å². The molecule has 0 saturated heterocycles. The highest BCUT2D eigenvalue weighted by Crippen LogP contribution is 2.28. The summed E-state index contributed by atoms with van der Waals surface area (Å²) in [6.07, 6.45) is 0. The number of hydrogen-bond acceptors (Lipinski definition) is 5. The van der Waals surface area contributed by atoms with E-state index in [2.05, 4.69) is 15.5 Å². The molecule has 28 heavy (non-hydrogen) atoms. The molecule has 1 aromatic heterocycles. The van der Waals surface area contributed by atoms with Crippen molar-refractivity contribution in [3.05, 3.63) is 64.2 Å². The number of carbonyl (C=O) groups excluding carboxylic acids is 1. The van der Waals surface area contributed by atoms with Gasteiger partial charge in [-0.05, 0) is 24.3 Å². The summed E-state index contributed by atoms with van der Waals surface area (Å²) in [5.74, 6) is 0.213. The number of amides is 1. The van der Waals surface area contributed by atoms with Crippen LogP contribution in [0.4, 0.5) is 10.1 Å². The van der Waals surface area contributed by atoms with Crippen molar-refractivity contribution in [1.82, 2.24) is 14.8 Å². The van der Waals surface area contributed by atoms with E-state index in [0.29, 0.717) is 26.8 Å². The predicted molar refractivity (Wildman–Crippen MR) is 108 cm³/mol. The van der Waals surface area contributed by atoms with Crippen molar-refractivity contribution < 1.29 is 13.9 Å². The fraction of sp³-hybridized carbons (Fsp3) is 0.167. The molecule has 10 heteroatoms. The molecule has 0 aliphatic rings. The Hall–Kier alpha value is -2.29. The van der Waals surface area contributed by atoms with Crippen molar-refractivity contribution in [2.24, 2.45) is 7.05 Å². The van der Waals surface area contributed by atoms with Crippen LogP contribution in [0.25, 0.3) is 0 Å². The van der Waals surface area contributed by atoms with Gasteiger partial charge in [-0.2, -0.15) is 0 Å². The number of halogens is 3. The number of ether oxygens (including phenoxy) is 1. The largest absolute Gasteiger partial charge is 0.484 e. The van der Waals surface area contributed by atoms with Crippen molar-refractivity contribution in [3.63, 3.8) is 0 Å². The first kappa shape index (κ1) is 20.4. The number of nitrogens with zero attached hydrogens (tertiary/aromatic N) is 3. The third kappa shape index (κ3) is 5.15. The van der Waals surface area contributed by atoms with Gasteiger partial charge in [-0.3, -0.25) is 4.79 Å². The van der Waals surface area contributed by atoms with E-state index in [1.54, 1.807) is 41.9 Å². The van der Waals surface area contributed by atoms with Gasteiger partial charge in [0.1, 0.15) is 18.2 Å². The summed E-state index contributed by atoms with van der Waals surface area (Å²) in [5.41, 5.74) is 0.138.